The molecule has 0 atom stereocenters. The average molecular weight is 629 g/mol. The highest BCUT2D eigenvalue weighted by Crippen LogP contribution is 2.40. The Morgan fingerprint density at radius 2 is 0.400 bits per heavy atom. The number of fused-ring (bicyclic) bond motifs is 3. The van der Waals surface area contributed by atoms with E-state index >= 15 is 0 Å². The Morgan fingerprint density at radius 1 is 0.200 bits per heavy atom. The zero-order valence-corrected chi connectivity index (χ0v) is 27.2. The fourth-order valence-electron chi connectivity index (χ4n) is 6.27. The predicted molar refractivity (Wildman–Crippen MR) is 209 cm³/mol. The minimum Gasteiger partial charge on any atom is -0.0622 e. The van der Waals surface area contributed by atoms with Crippen molar-refractivity contribution in [2.45, 2.75) is 0 Å². The predicted octanol–water partition coefficient (Wildman–Crippen LogP) is 10.7. The van der Waals surface area contributed by atoms with Crippen LogP contribution in [0, 0.1) is 47.4 Å². The molecule has 8 aromatic rings. The highest BCUT2D eigenvalue weighted by molar-refractivity contribution is 6.20. The van der Waals surface area contributed by atoms with E-state index in [1.807, 2.05) is 121 Å². The summed E-state index contributed by atoms with van der Waals surface area (Å²) in [5, 5.41) is 6.04. The van der Waals surface area contributed by atoms with Gasteiger partial charge in [0.05, 0.1) is 0 Å². The Morgan fingerprint density at radius 3 is 0.620 bits per heavy atom. The molecule has 0 spiro atoms. The summed E-state index contributed by atoms with van der Waals surface area (Å²) in [7, 11) is 0. The van der Waals surface area contributed by atoms with Gasteiger partial charge in [0, 0.05) is 55.3 Å². The second-order valence-electron chi connectivity index (χ2n) is 11.8. The lowest BCUT2D eigenvalue weighted by atomic mass is 9.83. The Bertz CT molecular complexity index is 2390. The molecule has 0 heteroatoms. The van der Waals surface area contributed by atoms with Crippen LogP contribution in [-0.2, 0) is 0 Å². The lowest BCUT2D eigenvalue weighted by Crippen LogP contribution is -1.98. The lowest BCUT2D eigenvalue weighted by molar-refractivity contribution is 1.63. The summed E-state index contributed by atoms with van der Waals surface area (Å²) in [5.74, 6) is 28.5. The van der Waals surface area contributed by atoms with Crippen LogP contribution in [0.2, 0.25) is 0 Å². The van der Waals surface area contributed by atoms with Crippen LogP contribution in [0.25, 0.3) is 32.3 Å². The second-order valence-corrected chi connectivity index (χ2v) is 11.8. The van der Waals surface area contributed by atoms with Crippen molar-refractivity contribution in [1.29, 1.82) is 0 Å². The van der Waals surface area contributed by atoms with E-state index in [9.17, 15) is 0 Å². The Labute approximate surface area is 293 Å². The summed E-state index contributed by atoms with van der Waals surface area (Å²) < 4.78 is 0. The fourth-order valence-corrected chi connectivity index (χ4v) is 6.27. The van der Waals surface area contributed by atoms with E-state index in [2.05, 4.69) is 95.9 Å². The molecule has 0 fully saturated rings. The summed E-state index contributed by atoms with van der Waals surface area (Å²) in [6, 6.07) is 57.4. The molecule has 0 radical (unpaired) electrons. The van der Waals surface area contributed by atoms with Crippen molar-refractivity contribution in [2.75, 3.05) is 0 Å². The number of hydrogen-bond acceptors (Lipinski definition) is 0. The Kier molecular flexibility index (Phi) is 8.36. The summed E-state index contributed by atoms with van der Waals surface area (Å²) in [4.78, 5) is 0. The minimum atomic E-state index is 0.913. The molecular weight excluding hydrogens is 601 g/mol. The molecule has 8 aromatic carbocycles. The van der Waals surface area contributed by atoms with Crippen LogP contribution < -0.4 is 0 Å². The van der Waals surface area contributed by atoms with E-state index in [1.54, 1.807) is 0 Å². The van der Waals surface area contributed by atoms with Gasteiger partial charge in [-0.1, -0.05) is 169 Å². The Hall–Kier alpha value is -7.22. The molecule has 0 unspecified atom stereocenters. The zero-order valence-electron chi connectivity index (χ0n) is 27.2. The molecule has 0 aliphatic heterocycles. The molecule has 0 nitrogen and oxygen atoms in total. The summed E-state index contributed by atoms with van der Waals surface area (Å²) >= 11 is 0. The molecule has 8 rings (SSSR count). The second kappa shape index (κ2) is 13.9. The average Bonchev–Trinajstić information content (AvgIpc) is 3.19. The third-order valence-corrected chi connectivity index (χ3v) is 8.60. The van der Waals surface area contributed by atoms with E-state index in [1.165, 1.54) is 0 Å². The van der Waals surface area contributed by atoms with Crippen molar-refractivity contribution in [2.24, 2.45) is 0 Å². The molecule has 0 aromatic heterocycles. The van der Waals surface area contributed by atoms with Gasteiger partial charge >= 0.3 is 0 Å². The van der Waals surface area contributed by atoms with Crippen molar-refractivity contribution in [3.05, 3.63) is 214 Å². The van der Waals surface area contributed by atoms with Crippen LogP contribution in [0.4, 0.5) is 0 Å². The molecule has 0 aliphatic carbocycles. The molecule has 0 N–H and O–H groups in total. The molecule has 0 saturated heterocycles. The van der Waals surface area contributed by atoms with E-state index < -0.39 is 0 Å². The first-order valence-electron chi connectivity index (χ1n) is 16.5. The van der Waals surface area contributed by atoms with Crippen molar-refractivity contribution >= 4 is 32.3 Å². The van der Waals surface area contributed by atoms with Gasteiger partial charge in [-0.15, -0.1) is 0 Å². The van der Waals surface area contributed by atoms with Crippen molar-refractivity contribution in [3.63, 3.8) is 0 Å². The van der Waals surface area contributed by atoms with Crippen LogP contribution in [0.15, 0.2) is 170 Å². The molecule has 0 saturated carbocycles. The first-order valence-corrected chi connectivity index (χ1v) is 16.5. The van der Waals surface area contributed by atoms with Gasteiger partial charge in [0.2, 0.25) is 0 Å². The van der Waals surface area contributed by atoms with E-state index in [0.717, 1.165) is 76.8 Å². The van der Waals surface area contributed by atoms with Crippen LogP contribution in [0.5, 0.6) is 0 Å². The fraction of sp³-hybridized carbons (Fsp3) is 0. The van der Waals surface area contributed by atoms with Crippen LogP contribution >= 0.6 is 0 Å². The van der Waals surface area contributed by atoms with E-state index in [-0.39, 0.29) is 0 Å². The maximum absolute atomic E-state index is 3.64. The summed E-state index contributed by atoms with van der Waals surface area (Å²) in [6.45, 7) is 0. The van der Waals surface area contributed by atoms with Crippen molar-refractivity contribution in [3.8, 4) is 47.4 Å². The van der Waals surface area contributed by atoms with Gasteiger partial charge in [-0.25, -0.2) is 0 Å². The molecule has 0 amide bonds. The van der Waals surface area contributed by atoms with Gasteiger partial charge in [0.1, 0.15) is 0 Å². The topological polar surface area (TPSA) is 0 Å². The quantitative estimate of drug-likeness (QED) is 0.116. The monoisotopic (exact) mass is 628 g/mol. The SMILES string of the molecule is C(#Cc1c2ccccc2c(C#Cc2ccccc2)c2c(C#Cc3ccccc3)c3ccccc3c(C#Cc3ccccc3)c12)c1ccccc1. The van der Waals surface area contributed by atoms with Crippen molar-refractivity contribution < 1.29 is 0 Å². The van der Waals surface area contributed by atoms with E-state index in [0.29, 0.717) is 0 Å². The van der Waals surface area contributed by atoms with Gasteiger partial charge in [-0.3, -0.25) is 0 Å². The smallest absolute Gasteiger partial charge is 0.0420 e. The molecule has 228 valence electrons. The number of hydrogen-bond donors (Lipinski definition) is 0. The maximum atomic E-state index is 3.64. The summed E-state index contributed by atoms with van der Waals surface area (Å²) in [5.41, 5.74) is 7.43. The lowest BCUT2D eigenvalue weighted by Gasteiger charge is -2.17. The van der Waals surface area contributed by atoms with Gasteiger partial charge in [-0.2, -0.15) is 0 Å². The molecule has 0 bridgehead atoms. The van der Waals surface area contributed by atoms with Crippen LogP contribution in [0.3, 0.4) is 0 Å². The van der Waals surface area contributed by atoms with Gasteiger partial charge in [-0.05, 0) is 70.1 Å². The van der Waals surface area contributed by atoms with Gasteiger partial charge in [0.25, 0.3) is 0 Å². The highest BCUT2D eigenvalue weighted by atomic mass is 14.2. The minimum absolute atomic E-state index is 0.913. The third-order valence-electron chi connectivity index (χ3n) is 8.60. The van der Waals surface area contributed by atoms with Crippen LogP contribution in [0.1, 0.15) is 44.5 Å². The molecule has 0 aliphatic rings. The summed E-state index contributed by atoms with van der Waals surface area (Å²) in [6.07, 6.45) is 0. The Balaban J connectivity index is 1.60. The van der Waals surface area contributed by atoms with Crippen molar-refractivity contribution in [1.82, 2.24) is 0 Å². The standard InChI is InChI=1S/C50H28/c1-5-17-37(18-6-1)29-33-45-41-25-13-14-26-42(41)47(35-31-39-21-9-3-10-22-39)50-48(36-32-40-23-11-4-12-24-40)44-28-16-15-27-43(44)46(49(45)50)34-30-38-19-7-2-8-20-38/h1-28H. The van der Waals surface area contributed by atoms with Crippen LogP contribution in [-0.4, -0.2) is 0 Å². The highest BCUT2D eigenvalue weighted by Gasteiger charge is 2.21. The molecule has 50 heavy (non-hydrogen) atoms. The maximum Gasteiger partial charge on any atom is 0.0420 e. The van der Waals surface area contributed by atoms with Gasteiger partial charge < -0.3 is 0 Å². The van der Waals surface area contributed by atoms with Gasteiger partial charge in [0.15, 0.2) is 0 Å². The molecular formula is C50H28. The zero-order chi connectivity index (χ0) is 33.5. The first-order chi connectivity index (χ1) is 24.8. The molecule has 0 heterocycles. The largest absolute Gasteiger partial charge is 0.0622 e. The first kappa shape index (κ1) is 30.1. The number of rotatable bonds is 0. The number of benzene rings is 8. The third kappa shape index (κ3) is 6.11. The normalized spacial score (nSPS) is 10.2. The van der Waals surface area contributed by atoms with E-state index in [4.69, 9.17) is 0 Å².